The first-order valence-corrected chi connectivity index (χ1v) is 9.80. The number of hydrogen-bond acceptors (Lipinski definition) is 8. The highest BCUT2D eigenvalue weighted by atomic mass is 35.5. The number of aromatic nitrogens is 5. The van der Waals surface area contributed by atoms with Gasteiger partial charge in [-0.1, -0.05) is 11.6 Å². The highest BCUT2D eigenvalue weighted by Gasteiger charge is 2.37. The maximum absolute atomic E-state index is 13.4. The summed E-state index contributed by atoms with van der Waals surface area (Å²) >= 11 is 6.37. The normalized spacial score (nSPS) is 14.3. The van der Waals surface area contributed by atoms with Crippen LogP contribution in [-0.4, -0.2) is 45.0 Å². The summed E-state index contributed by atoms with van der Waals surface area (Å²) in [7, 11) is 3.37. The standard InChI is InChI=1S/C20H21ClN8O2/c1-9-6-24-12(10(2)16(9)31-4)8-29-18-15(17(21)27-20(22)28-18)11(19(29)30)5-13-25-7-14(23-3)26-13/h5-7,23H,8H2,1-4H3,(H,25,26)(H2,22,27,28)/b11-5-. The Bertz CT molecular complexity index is 1220. The Balaban J connectivity index is 1.81. The quantitative estimate of drug-likeness (QED) is 0.407. The van der Waals surface area contributed by atoms with Gasteiger partial charge in [-0.05, 0) is 19.9 Å². The molecule has 0 atom stereocenters. The number of nitrogens with zero attached hydrogens (tertiary/aromatic N) is 5. The fourth-order valence-corrected chi connectivity index (χ4v) is 3.82. The number of aromatic amines is 1. The second-order valence-corrected chi connectivity index (χ2v) is 7.36. The Morgan fingerprint density at radius 1 is 1.29 bits per heavy atom. The van der Waals surface area contributed by atoms with Crippen LogP contribution >= 0.6 is 11.6 Å². The SMILES string of the molecule is CNc1cnc(/C=C2\C(=O)N(Cc3ncc(C)c(OC)c3C)c3nc(N)nc(Cl)c32)[nH]1. The van der Waals surface area contributed by atoms with E-state index in [4.69, 9.17) is 22.1 Å². The van der Waals surface area contributed by atoms with Crippen LogP contribution in [-0.2, 0) is 11.3 Å². The van der Waals surface area contributed by atoms with Gasteiger partial charge in [0.05, 0.1) is 36.7 Å². The van der Waals surface area contributed by atoms with Crippen molar-refractivity contribution in [2.24, 2.45) is 0 Å². The first-order chi connectivity index (χ1) is 14.8. The molecule has 0 saturated carbocycles. The van der Waals surface area contributed by atoms with Gasteiger partial charge in [0.1, 0.15) is 22.5 Å². The van der Waals surface area contributed by atoms with Crippen LogP contribution in [0.3, 0.4) is 0 Å². The Morgan fingerprint density at radius 3 is 2.74 bits per heavy atom. The lowest BCUT2D eigenvalue weighted by molar-refractivity contribution is -0.113. The zero-order valence-electron chi connectivity index (χ0n) is 17.4. The summed E-state index contributed by atoms with van der Waals surface area (Å²) in [6, 6.07) is 0. The highest BCUT2D eigenvalue weighted by Crippen LogP contribution is 2.41. The van der Waals surface area contributed by atoms with Crippen LogP contribution < -0.4 is 20.7 Å². The van der Waals surface area contributed by atoms with Gasteiger partial charge in [0.15, 0.2) is 5.82 Å². The van der Waals surface area contributed by atoms with E-state index in [2.05, 4.69) is 30.2 Å². The lowest BCUT2D eigenvalue weighted by Gasteiger charge is -2.19. The zero-order chi connectivity index (χ0) is 22.3. The number of methoxy groups -OCH3 is 1. The molecule has 31 heavy (non-hydrogen) atoms. The number of aryl methyl sites for hydroxylation is 1. The monoisotopic (exact) mass is 440 g/mol. The van der Waals surface area contributed by atoms with E-state index in [1.165, 1.54) is 4.90 Å². The van der Waals surface area contributed by atoms with Crippen LogP contribution in [0.15, 0.2) is 12.4 Å². The summed E-state index contributed by atoms with van der Waals surface area (Å²) in [5, 5.41) is 3.05. The number of fused-ring (bicyclic) bond motifs is 1. The smallest absolute Gasteiger partial charge is 0.260 e. The number of imidazole rings is 1. The minimum absolute atomic E-state index is 0.0237. The third-order valence-electron chi connectivity index (χ3n) is 5.07. The molecule has 1 amide bonds. The Labute approximate surface area is 183 Å². The van der Waals surface area contributed by atoms with Gasteiger partial charge >= 0.3 is 0 Å². The number of ether oxygens (including phenoxy) is 1. The van der Waals surface area contributed by atoms with E-state index in [9.17, 15) is 4.79 Å². The van der Waals surface area contributed by atoms with Gasteiger partial charge in [-0.15, -0.1) is 0 Å². The third-order valence-corrected chi connectivity index (χ3v) is 5.34. The number of carbonyl (C=O) groups excluding carboxylic acids is 1. The van der Waals surface area contributed by atoms with Crippen LogP contribution in [0.5, 0.6) is 5.75 Å². The minimum Gasteiger partial charge on any atom is -0.496 e. The van der Waals surface area contributed by atoms with Crippen molar-refractivity contribution < 1.29 is 9.53 Å². The molecule has 3 aromatic heterocycles. The molecule has 4 rings (SSSR count). The van der Waals surface area contributed by atoms with Crippen molar-refractivity contribution >= 4 is 46.7 Å². The van der Waals surface area contributed by atoms with E-state index in [0.29, 0.717) is 34.3 Å². The Hall–Kier alpha value is -3.66. The molecule has 11 heteroatoms. The number of pyridine rings is 1. The van der Waals surface area contributed by atoms with Gasteiger partial charge in [-0.3, -0.25) is 14.7 Å². The average Bonchev–Trinajstić information content (AvgIpc) is 3.28. The number of hydrogen-bond donors (Lipinski definition) is 3. The van der Waals surface area contributed by atoms with Gasteiger partial charge in [0, 0.05) is 24.4 Å². The third kappa shape index (κ3) is 3.55. The van der Waals surface area contributed by atoms with E-state index in [1.54, 1.807) is 32.6 Å². The summed E-state index contributed by atoms with van der Waals surface area (Å²) in [6.45, 7) is 3.98. The lowest BCUT2D eigenvalue weighted by Crippen LogP contribution is -2.27. The molecule has 1 aliphatic heterocycles. The van der Waals surface area contributed by atoms with Crippen molar-refractivity contribution in [2.45, 2.75) is 20.4 Å². The van der Waals surface area contributed by atoms with Crippen molar-refractivity contribution in [3.05, 3.63) is 45.8 Å². The number of amides is 1. The van der Waals surface area contributed by atoms with Crippen LogP contribution in [0.1, 0.15) is 28.2 Å². The molecule has 0 bridgehead atoms. The maximum Gasteiger partial charge on any atom is 0.260 e. The summed E-state index contributed by atoms with van der Waals surface area (Å²) in [5.74, 6) is 1.92. The lowest BCUT2D eigenvalue weighted by atomic mass is 10.1. The van der Waals surface area contributed by atoms with Gasteiger partial charge in [-0.25, -0.2) is 9.97 Å². The molecule has 0 spiro atoms. The average molecular weight is 441 g/mol. The Morgan fingerprint density at radius 2 is 2.06 bits per heavy atom. The van der Waals surface area contributed by atoms with E-state index in [-0.39, 0.29) is 23.6 Å². The van der Waals surface area contributed by atoms with Crippen molar-refractivity contribution in [1.82, 2.24) is 24.9 Å². The number of nitrogens with one attached hydrogen (secondary N) is 2. The van der Waals surface area contributed by atoms with Gasteiger partial charge < -0.3 is 20.8 Å². The number of halogens is 1. The van der Waals surface area contributed by atoms with Gasteiger partial charge in [0.25, 0.3) is 5.91 Å². The van der Waals surface area contributed by atoms with Gasteiger partial charge in [-0.2, -0.15) is 4.98 Å². The van der Waals surface area contributed by atoms with E-state index >= 15 is 0 Å². The van der Waals surface area contributed by atoms with Crippen LogP contribution in [0.25, 0.3) is 11.6 Å². The zero-order valence-corrected chi connectivity index (χ0v) is 18.2. The predicted molar refractivity (Wildman–Crippen MR) is 119 cm³/mol. The summed E-state index contributed by atoms with van der Waals surface area (Å²) in [4.78, 5) is 35.0. The molecule has 0 aromatic carbocycles. The number of nitrogen functional groups attached to an aromatic ring is 1. The Kier molecular flexibility index (Phi) is 5.24. The second-order valence-electron chi connectivity index (χ2n) is 7.00. The molecule has 10 nitrogen and oxygen atoms in total. The number of anilines is 3. The largest absolute Gasteiger partial charge is 0.496 e. The molecular formula is C20H21ClN8O2. The van der Waals surface area contributed by atoms with E-state index in [0.717, 1.165) is 16.9 Å². The minimum atomic E-state index is -0.306. The van der Waals surface area contributed by atoms with Crippen molar-refractivity contribution in [1.29, 1.82) is 0 Å². The first kappa shape index (κ1) is 20.6. The molecule has 0 fully saturated rings. The second kappa shape index (κ2) is 7.88. The molecule has 0 unspecified atom stereocenters. The van der Waals surface area contributed by atoms with E-state index in [1.807, 2.05) is 13.8 Å². The van der Waals surface area contributed by atoms with Crippen molar-refractivity contribution in [2.75, 3.05) is 30.1 Å². The number of carbonyl (C=O) groups is 1. The maximum atomic E-state index is 13.4. The number of nitrogens with two attached hydrogens (primary N) is 1. The van der Waals surface area contributed by atoms with Crippen LogP contribution in [0.2, 0.25) is 5.15 Å². The molecule has 0 radical (unpaired) electrons. The number of rotatable bonds is 5. The fraction of sp³-hybridized carbons (Fsp3) is 0.250. The number of H-pyrrole nitrogens is 1. The molecule has 0 saturated heterocycles. The summed E-state index contributed by atoms with van der Waals surface area (Å²) in [6.07, 6.45) is 4.95. The molecule has 160 valence electrons. The molecule has 4 N–H and O–H groups in total. The molecule has 3 aromatic rings. The van der Waals surface area contributed by atoms with Crippen LogP contribution in [0.4, 0.5) is 17.6 Å². The fourth-order valence-electron chi connectivity index (χ4n) is 3.55. The predicted octanol–water partition coefficient (Wildman–Crippen LogP) is 2.58. The molecular weight excluding hydrogens is 420 g/mol. The van der Waals surface area contributed by atoms with Crippen molar-refractivity contribution in [3.63, 3.8) is 0 Å². The van der Waals surface area contributed by atoms with Crippen molar-refractivity contribution in [3.8, 4) is 5.75 Å². The molecule has 1 aliphatic rings. The topological polar surface area (TPSA) is 135 Å². The molecule has 0 aliphatic carbocycles. The summed E-state index contributed by atoms with van der Waals surface area (Å²) < 4.78 is 5.49. The molecule has 4 heterocycles. The summed E-state index contributed by atoms with van der Waals surface area (Å²) in [5.41, 5.74) is 8.96. The van der Waals surface area contributed by atoms with Gasteiger partial charge in [0.2, 0.25) is 5.95 Å². The van der Waals surface area contributed by atoms with Crippen LogP contribution in [0, 0.1) is 13.8 Å². The highest BCUT2D eigenvalue weighted by molar-refractivity contribution is 6.41. The van der Waals surface area contributed by atoms with E-state index < -0.39 is 0 Å². The first-order valence-electron chi connectivity index (χ1n) is 9.42.